The summed E-state index contributed by atoms with van der Waals surface area (Å²) < 4.78 is 10.1. The van der Waals surface area contributed by atoms with Crippen LogP contribution in [0.1, 0.15) is 11.1 Å². The molecule has 0 saturated carbocycles. The maximum atomic E-state index is 9.54. The Kier molecular flexibility index (Phi) is 6.08. The van der Waals surface area contributed by atoms with Gasteiger partial charge < -0.3 is 19.7 Å². The largest absolute Gasteiger partial charge is 0.504 e. The zero-order valence-electron chi connectivity index (χ0n) is 13.6. The van der Waals surface area contributed by atoms with E-state index in [-0.39, 0.29) is 11.5 Å². The molecule has 4 heteroatoms. The molecular weight excluding hydrogens is 304 g/mol. The van der Waals surface area contributed by atoms with Crippen molar-refractivity contribution in [2.24, 2.45) is 0 Å². The van der Waals surface area contributed by atoms with Gasteiger partial charge in [0.2, 0.25) is 0 Å². The Morgan fingerprint density at radius 1 is 0.667 bits per heavy atom. The van der Waals surface area contributed by atoms with Gasteiger partial charge in [-0.1, -0.05) is 48.6 Å². The van der Waals surface area contributed by atoms with Gasteiger partial charge in [-0.25, -0.2) is 0 Å². The Morgan fingerprint density at radius 2 is 1.08 bits per heavy atom. The average Bonchev–Trinajstić information content (AvgIpc) is 2.60. The number of hydrogen-bond acceptors (Lipinski definition) is 4. The van der Waals surface area contributed by atoms with E-state index < -0.39 is 0 Å². The standard InChI is InChI=1S/C20H20O4/c1-23-19-13-15(9-11-17(19)21)7-5-3-4-6-8-16-10-12-18(22)20(14-16)24-2/h3-14,21-22H,1-2H3/b4-3+,7-5+,8-6+. The van der Waals surface area contributed by atoms with Crippen LogP contribution in [-0.2, 0) is 0 Å². The van der Waals surface area contributed by atoms with Crippen molar-refractivity contribution in [1.82, 2.24) is 0 Å². The van der Waals surface area contributed by atoms with E-state index >= 15 is 0 Å². The predicted molar refractivity (Wildman–Crippen MR) is 96.5 cm³/mol. The summed E-state index contributed by atoms with van der Waals surface area (Å²) in [7, 11) is 3.04. The number of phenols is 2. The minimum atomic E-state index is 0.123. The van der Waals surface area contributed by atoms with E-state index in [4.69, 9.17) is 9.47 Å². The van der Waals surface area contributed by atoms with Crippen LogP contribution in [0.3, 0.4) is 0 Å². The van der Waals surface area contributed by atoms with E-state index in [1.165, 1.54) is 14.2 Å². The molecule has 24 heavy (non-hydrogen) atoms. The number of hydrogen-bond donors (Lipinski definition) is 2. The Balaban J connectivity index is 1.97. The van der Waals surface area contributed by atoms with Crippen LogP contribution in [0.5, 0.6) is 23.0 Å². The molecule has 0 spiro atoms. The highest BCUT2D eigenvalue weighted by Gasteiger charge is 2.00. The Hall–Kier alpha value is -3.14. The second-order valence-electron chi connectivity index (χ2n) is 4.97. The lowest BCUT2D eigenvalue weighted by atomic mass is 10.1. The van der Waals surface area contributed by atoms with Gasteiger partial charge in [-0.2, -0.15) is 0 Å². The Labute approximate surface area is 141 Å². The topological polar surface area (TPSA) is 58.9 Å². The molecule has 2 N–H and O–H groups in total. The number of allylic oxidation sites excluding steroid dienone is 4. The van der Waals surface area contributed by atoms with E-state index in [9.17, 15) is 10.2 Å². The number of ether oxygens (including phenoxy) is 2. The van der Waals surface area contributed by atoms with Crippen LogP contribution in [-0.4, -0.2) is 24.4 Å². The first-order valence-corrected chi connectivity index (χ1v) is 7.39. The molecule has 0 heterocycles. The lowest BCUT2D eigenvalue weighted by Crippen LogP contribution is -1.84. The molecule has 0 aromatic heterocycles. The third-order valence-electron chi connectivity index (χ3n) is 3.32. The van der Waals surface area contributed by atoms with Crippen molar-refractivity contribution in [1.29, 1.82) is 0 Å². The first-order valence-electron chi connectivity index (χ1n) is 7.39. The van der Waals surface area contributed by atoms with Gasteiger partial charge in [0, 0.05) is 0 Å². The molecule has 0 atom stereocenters. The Bertz CT molecular complexity index is 708. The Morgan fingerprint density at radius 3 is 1.46 bits per heavy atom. The van der Waals surface area contributed by atoms with Crippen molar-refractivity contribution in [3.63, 3.8) is 0 Å². The van der Waals surface area contributed by atoms with E-state index in [0.29, 0.717) is 11.5 Å². The second kappa shape index (κ2) is 8.48. The maximum absolute atomic E-state index is 9.54. The van der Waals surface area contributed by atoms with Crippen molar-refractivity contribution in [2.45, 2.75) is 0 Å². The lowest BCUT2D eigenvalue weighted by Gasteiger charge is -2.03. The van der Waals surface area contributed by atoms with Crippen molar-refractivity contribution in [3.8, 4) is 23.0 Å². The molecule has 2 aromatic rings. The van der Waals surface area contributed by atoms with E-state index in [2.05, 4.69) is 0 Å². The summed E-state index contributed by atoms with van der Waals surface area (Å²) in [4.78, 5) is 0. The zero-order valence-corrected chi connectivity index (χ0v) is 13.6. The molecule has 0 unspecified atom stereocenters. The summed E-state index contributed by atoms with van der Waals surface area (Å²) in [5.74, 6) is 1.14. The quantitative estimate of drug-likeness (QED) is 0.773. The molecule has 0 saturated heterocycles. The van der Waals surface area contributed by atoms with Crippen molar-refractivity contribution in [3.05, 3.63) is 71.8 Å². The second-order valence-corrected chi connectivity index (χ2v) is 4.97. The van der Waals surface area contributed by atoms with Crippen molar-refractivity contribution >= 4 is 12.2 Å². The minimum Gasteiger partial charge on any atom is -0.504 e. The van der Waals surface area contributed by atoms with Gasteiger partial charge >= 0.3 is 0 Å². The van der Waals surface area contributed by atoms with Crippen molar-refractivity contribution in [2.75, 3.05) is 14.2 Å². The average molecular weight is 324 g/mol. The fraction of sp³-hybridized carbons (Fsp3) is 0.100. The number of aromatic hydroxyl groups is 2. The SMILES string of the molecule is COc1cc(/C=C/C=C/C=C/c2ccc(O)c(OC)c2)ccc1O. The van der Waals surface area contributed by atoms with Gasteiger partial charge in [0.05, 0.1) is 14.2 Å². The molecule has 0 bridgehead atoms. The summed E-state index contributed by atoms with van der Waals surface area (Å²) in [6.45, 7) is 0. The summed E-state index contributed by atoms with van der Waals surface area (Å²) in [5.41, 5.74) is 1.86. The summed E-state index contributed by atoms with van der Waals surface area (Å²) in [6.07, 6.45) is 11.4. The third-order valence-corrected chi connectivity index (χ3v) is 3.32. The fourth-order valence-corrected chi connectivity index (χ4v) is 2.06. The van der Waals surface area contributed by atoms with Gasteiger partial charge in [-0.3, -0.25) is 0 Å². The fourth-order valence-electron chi connectivity index (χ4n) is 2.06. The molecule has 2 aromatic carbocycles. The summed E-state index contributed by atoms with van der Waals surface area (Å²) in [5, 5.41) is 19.1. The molecule has 0 fully saturated rings. The van der Waals surface area contributed by atoms with Crippen LogP contribution in [0.25, 0.3) is 12.2 Å². The van der Waals surface area contributed by atoms with Crippen LogP contribution < -0.4 is 9.47 Å². The monoisotopic (exact) mass is 324 g/mol. The number of methoxy groups -OCH3 is 2. The molecule has 4 nitrogen and oxygen atoms in total. The maximum Gasteiger partial charge on any atom is 0.161 e. The summed E-state index contributed by atoms with van der Waals surface area (Å²) >= 11 is 0. The highest BCUT2D eigenvalue weighted by molar-refractivity contribution is 5.58. The minimum absolute atomic E-state index is 0.123. The van der Waals surface area contributed by atoms with Crippen LogP contribution in [0.4, 0.5) is 0 Å². The summed E-state index contributed by atoms with van der Waals surface area (Å²) in [6, 6.07) is 10.3. The third kappa shape index (κ3) is 4.68. The van der Waals surface area contributed by atoms with Crippen LogP contribution in [0, 0.1) is 0 Å². The van der Waals surface area contributed by atoms with Crippen LogP contribution in [0.2, 0.25) is 0 Å². The van der Waals surface area contributed by atoms with E-state index in [1.54, 1.807) is 36.4 Å². The molecule has 124 valence electrons. The zero-order chi connectivity index (χ0) is 17.4. The molecule has 0 aliphatic rings. The number of rotatable bonds is 6. The first-order chi connectivity index (χ1) is 11.6. The smallest absolute Gasteiger partial charge is 0.161 e. The molecule has 0 amide bonds. The van der Waals surface area contributed by atoms with Gasteiger partial charge in [0.15, 0.2) is 23.0 Å². The number of benzene rings is 2. The van der Waals surface area contributed by atoms with Gasteiger partial charge in [0.25, 0.3) is 0 Å². The predicted octanol–water partition coefficient (Wildman–Crippen LogP) is 4.40. The van der Waals surface area contributed by atoms with Gasteiger partial charge in [-0.15, -0.1) is 0 Å². The van der Waals surface area contributed by atoms with Gasteiger partial charge in [0.1, 0.15) is 0 Å². The first kappa shape index (κ1) is 17.2. The van der Waals surface area contributed by atoms with Gasteiger partial charge in [-0.05, 0) is 35.4 Å². The van der Waals surface area contributed by atoms with Crippen molar-refractivity contribution < 1.29 is 19.7 Å². The number of phenolic OH excluding ortho intramolecular Hbond substituents is 2. The molecule has 0 aliphatic carbocycles. The molecular formula is C20H20O4. The van der Waals surface area contributed by atoms with Crippen LogP contribution >= 0.6 is 0 Å². The van der Waals surface area contributed by atoms with Crippen LogP contribution in [0.15, 0.2) is 60.7 Å². The highest BCUT2D eigenvalue weighted by Crippen LogP contribution is 2.27. The molecule has 2 rings (SSSR count). The molecule has 0 radical (unpaired) electrons. The molecule has 0 aliphatic heterocycles. The normalized spacial score (nSPS) is 11.6. The van der Waals surface area contributed by atoms with E-state index in [1.807, 2.05) is 36.5 Å². The highest BCUT2D eigenvalue weighted by atomic mass is 16.5. The van der Waals surface area contributed by atoms with E-state index in [0.717, 1.165) is 11.1 Å². The lowest BCUT2D eigenvalue weighted by molar-refractivity contribution is 0.373.